The summed E-state index contributed by atoms with van der Waals surface area (Å²) < 4.78 is 12.6. The zero-order valence-electron chi connectivity index (χ0n) is 16.9. The van der Waals surface area contributed by atoms with Crippen LogP contribution in [0, 0.1) is 19.8 Å². The van der Waals surface area contributed by atoms with Gasteiger partial charge in [-0.25, -0.2) is 9.67 Å². The molecule has 4 rings (SSSR count). The summed E-state index contributed by atoms with van der Waals surface area (Å²) in [6.45, 7) is 4.11. The number of methoxy groups -OCH3 is 1. The van der Waals surface area contributed by atoms with Crippen molar-refractivity contribution >= 4 is 0 Å². The number of hydrogen-bond donors (Lipinski definition) is 0. The Bertz CT molecular complexity index is 1070. The van der Waals surface area contributed by atoms with Crippen LogP contribution >= 0.6 is 0 Å². The number of hydrogen-bond acceptors (Lipinski definition) is 7. The lowest BCUT2D eigenvalue weighted by Crippen LogP contribution is -2.22. The van der Waals surface area contributed by atoms with Gasteiger partial charge in [0.25, 0.3) is 5.56 Å². The van der Waals surface area contributed by atoms with Gasteiger partial charge in [0.1, 0.15) is 11.6 Å². The average molecular weight is 393 g/mol. The lowest BCUT2D eigenvalue weighted by Gasteiger charge is -2.11. The van der Waals surface area contributed by atoms with Crippen LogP contribution in [-0.4, -0.2) is 38.4 Å². The van der Waals surface area contributed by atoms with Gasteiger partial charge in [-0.1, -0.05) is 0 Å². The van der Waals surface area contributed by atoms with Gasteiger partial charge in [-0.05, 0) is 38.5 Å². The molecule has 0 aliphatic heterocycles. The Balaban J connectivity index is 1.51. The third-order valence-electron chi connectivity index (χ3n) is 5.12. The van der Waals surface area contributed by atoms with Crippen LogP contribution in [0.15, 0.2) is 35.4 Å². The van der Waals surface area contributed by atoms with Crippen molar-refractivity contribution in [1.29, 1.82) is 0 Å². The molecule has 0 spiro atoms. The SMILES string of the molecule is COc1ccc([C@H]2CC2COc2nc(C)ncc2-c2cc(C)c(=O)n(C)n2)nc1. The van der Waals surface area contributed by atoms with E-state index < -0.39 is 0 Å². The lowest BCUT2D eigenvalue weighted by molar-refractivity contribution is 0.285. The largest absolute Gasteiger partial charge is 0.495 e. The molecule has 0 saturated heterocycles. The van der Waals surface area contributed by atoms with E-state index in [2.05, 4.69) is 20.1 Å². The van der Waals surface area contributed by atoms with Gasteiger partial charge in [0.15, 0.2) is 0 Å². The molecule has 2 atom stereocenters. The second-order valence-corrected chi connectivity index (χ2v) is 7.31. The molecule has 1 unspecified atom stereocenters. The molecule has 8 nitrogen and oxygen atoms in total. The van der Waals surface area contributed by atoms with Crippen LogP contribution in [0.25, 0.3) is 11.3 Å². The molecule has 8 heteroatoms. The predicted octanol–water partition coefficient (Wildman–Crippen LogP) is 2.44. The Kier molecular flexibility index (Phi) is 5.00. The minimum absolute atomic E-state index is 0.128. The van der Waals surface area contributed by atoms with Crippen molar-refractivity contribution in [2.24, 2.45) is 13.0 Å². The highest BCUT2D eigenvalue weighted by Gasteiger charge is 2.40. The van der Waals surface area contributed by atoms with E-state index in [0.717, 1.165) is 17.9 Å². The van der Waals surface area contributed by atoms with E-state index in [0.29, 0.717) is 47.0 Å². The number of nitrogens with zero attached hydrogens (tertiary/aromatic N) is 5. The van der Waals surface area contributed by atoms with Gasteiger partial charge >= 0.3 is 0 Å². The first-order valence-corrected chi connectivity index (χ1v) is 9.48. The zero-order chi connectivity index (χ0) is 20.5. The predicted molar refractivity (Wildman–Crippen MR) is 107 cm³/mol. The molecule has 0 amide bonds. The first-order valence-electron chi connectivity index (χ1n) is 9.48. The highest BCUT2D eigenvalue weighted by Crippen LogP contribution is 2.47. The first-order chi connectivity index (χ1) is 14.0. The number of ether oxygens (including phenoxy) is 2. The van der Waals surface area contributed by atoms with Crippen molar-refractivity contribution in [3.8, 4) is 22.9 Å². The normalized spacial score (nSPS) is 17.8. The Morgan fingerprint density at radius 2 is 2.03 bits per heavy atom. The van der Waals surface area contributed by atoms with Gasteiger partial charge in [-0.2, -0.15) is 10.1 Å². The molecule has 0 bridgehead atoms. The van der Waals surface area contributed by atoms with Gasteiger partial charge in [-0.3, -0.25) is 9.78 Å². The number of aryl methyl sites for hydroxylation is 3. The van der Waals surface area contributed by atoms with Crippen molar-refractivity contribution in [2.45, 2.75) is 26.2 Å². The number of aromatic nitrogens is 5. The van der Waals surface area contributed by atoms with Crippen molar-refractivity contribution in [3.05, 3.63) is 58.0 Å². The topological polar surface area (TPSA) is 92.0 Å². The van der Waals surface area contributed by atoms with Crippen LogP contribution in [0.1, 0.15) is 29.4 Å². The third-order valence-corrected chi connectivity index (χ3v) is 5.12. The molecule has 0 N–H and O–H groups in total. The fourth-order valence-corrected chi connectivity index (χ4v) is 3.34. The molecule has 3 aromatic heterocycles. The summed E-state index contributed by atoms with van der Waals surface area (Å²) in [6.07, 6.45) is 4.46. The summed E-state index contributed by atoms with van der Waals surface area (Å²) in [7, 11) is 3.26. The minimum Gasteiger partial charge on any atom is -0.495 e. The van der Waals surface area contributed by atoms with Crippen molar-refractivity contribution in [3.63, 3.8) is 0 Å². The molecule has 150 valence electrons. The second-order valence-electron chi connectivity index (χ2n) is 7.31. The van der Waals surface area contributed by atoms with E-state index in [4.69, 9.17) is 9.47 Å². The van der Waals surface area contributed by atoms with Gasteiger partial charge in [0.2, 0.25) is 5.88 Å². The Morgan fingerprint density at radius 3 is 2.72 bits per heavy atom. The second kappa shape index (κ2) is 7.62. The number of rotatable bonds is 6. The van der Waals surface area contributed by atoms with E-state index in [-0.39, 0.29) is 5.56 Å². The molecule has 29 heavy (non-hydrogen) atoms. The van der Waals surface area contributed by atoms with Crippen LogP contribution in [0.3, 0.4) is 0 Å². The molecule has 1 saturated carbocycles. The maximum atomic E-state index is 11.9. The smallest absolute Gasteiger partial charge is 0.269 e. The monoisotopic (exact) mass is 393 g/mol. The van der Waals surface area contributed by atoms with Gasteiger partial charge < -0.3 is 9.47 Å². The molecule has 0 aromatic carbocycles. The van der Waals surface area contributed by atoms with E-state index in [1.54, 1.807) is 39.5 Å². The summed E-state index contributed by atoms with van der Waals surface area (Å²) >= 11 is 0. The summed E-state index contributed by atoms with van der Waals surface area (Å²) in [5.41, 5.74) is 2.82. The van der Waals surface area contributed by atoms with Crippen LogP contribution in [-0.2, 0) is 7.05 Å². The maximum absolute atomic E-state index is 11.9. The Labute approximate surface area is 168 Å². The third kappa shape index (κ3) is 3.96. The summed E-state index contributed by atoms with van der Waals surface area (Å²) in [5.74, 6) is 2.62. The van der Waals surface area contributed by atoms with E-state index in [1.807, 2.05) is 19.1 Å². The standard InChI is InChI=1S/C21H23N5O3/c1-12-7-19(25-26(3)21(12)27)17-10-22-13(2)24-20(17)29-11-14-8-16(14)18-6-5-15(28-4)9-23-18/h5-7,9-10,14,16H,8,11H2,1-4H3/t14?,16-/m0/s1. The fraction of sp³-hybridized carbons (Fsp3) is 0.381. The van der Waals surface area contributed by atoms with Crippen LogP contribution in [0.5, 0.6) is 11.6 Å². The minimum atomic E-state index is -0.128. The molecule has 0 radical (unpaired) electrons. The van der Waals surface area contributed by atoms with Crippen LogP contribution in [0.2, 0.25) is 0 Å². The molecular weight excluding hydrogens is 370 g/mol. The first kappa shape index (κ1) is 19.0. The van der Waals surface area contributed by atoms with Gasteiger partial charge in [-0.15, -0.1) is 0 Å². The van der Waals surface area contributed by atoms with Crippen molar-refractivity contribution in [1.82, 2.24) is 24.7 Å². The van der Waals surface area contributed by atoms with Crippen LogP contribution < -0.4 is 15.0 Å². The zero-order valence-corrected chi connectivity index (χ0v) is 16.9. The van der Waals surface area contributed by atoms with Gasteiger partial charge in [0.05, 0.1) is 31.2 Å². The van der Waals surface area contributed by atoms with Crippen molar-refractivity contribution < 1.29 is 9.47 Å². The van der Waals surface area contributed by atoms with Gasteiger partial charge in [0, 0.05) is 36.3 Å². The molecule has 1 fully saturated rings. The van der Waals surface area contributed by atoms with E-state index >= 15 is 0 Å². The molecular formula is C21H23N5O3. The summed E-state index contributed by atoms with van der Waals surface area (Å²) in [4.78, 5) is 25.2. The molecule has 1 aliphatic rings. The Morgan fingerprint density at radius 1 is 1.21 bits per heavy atom. The molecule has 1 aliphatic carbocycles. The van der Waals surface area contributed by atoms with Crippen LogP contribution in [0.4, 0.5) is 0 Å². The van der Waals surface area contributed by atoms with E-state index in [1.165, 1.54) is 4.68 Å². The summed E-state index contributed by atoms with van der Waals surface area (Å²) in [6, 6.07) is 5.67. The highest BCUT2D eigenvalue weighted by molar-refractivity contribution is 5.63. The average Bonchev–Trinajstić information content (AvgIpc) is 3.50. The maximum Gasteiger partial charge on any atom is 0.269 e. The fourth-order valence-electron chi connectivity index (χ4n) is 3.34. The molecule has 3 heterocycles. The number of pyridine rings is 1. The van der Waals surface area contributed by atoms with Crippen molar-refractivity contribution in [2.75, 3.05) is 13.7 Å². The lowest BCUT2D eigenvalue weighted by atomic mass is 10.2. The van der Waals surface area contributed by atoms with E-state index in [9.17, 15) is 4.79 Å². The Hall–Kier alpha value is -3.29. The highest BCUT2D eigenvalue weighted by atomic mass is 16.5. The molecule has 3 aromatic rings. The summed E-state index contributed by atoms with van der Waals surface area (Å²) in [5, 5.41) is 4.34. The quantitative estimate of drug-likeness (QED) is 0.635.